The van der Waals surface area contributed by atoms with Gasteiger partial charge in [-0.05, 0) is 110 Å². The SMILES string of the molecule is CC(C)CCCC(C)[C@H]1CC[C@H]2[C@@H]3CC=C4C[C@@H](CCOC(=O)CC(=O)O)CC[C@]4(C)[C@H]3CC[C@]12C. The van der Waals surface area contributed by atoms with Crippen molar-refractivity contribution >= 4 is 11.9 Å². The maximum absolute atomic E-state index is 11.6. The molecular formula is C32H52O4. The van der Waals surface area contributed by atoms with E-state index in [1.54, 1.807) is 5.57 Å². The number of aliphatic carboxylic acids is 1. The minimum absolute atomic E-state index is 0.349. The topological polar surface area (TPSA) is 63.6 Å². The van der Waals surface area contributed by atoms with Crippen molar-refractivity contribution in [1.29, 1.82) is 0 Å². The number of allylic oxidation sites excluding steroid dienone is 2. The van der Waals surface area contributed by atoms with Crippen LogP contribution in [0.5, 0.6) is 0 Å². The molecule has 1 unspecified atom stereocenters. The molecule has 0 amide bonds. The lowest BCUT2D eigenvalue weighted by atomic mass is 9.46. The average molecular weight is 501 g/mol. The summed E-state index contributed by atoms with van der Waals surface area (Å²) in [7, 11) is 0. The number of ether oxygens (including phenoxy) is 1. The van der Waals surface area contributed by atoms with Gasteiger partial charge in [-0.25, -0.2) is 0 Å². The van der Waals surface area contributed by atoms with Crippen LogP contribution in [0, 0.1) is 52.3 Å². The largest absolute Gasteiger partial charge is 0.481 e. The molecule has 0 radical (unpaired) electrons. The Morgan fingerprint density at radius 2 is 1.83 bits per heavy atom. The van der Waals surface area contributed by atoms with Crippen molar-refractivity contribution in [2.24, 2.45) is 52.3 Å². The highest BCUT2D eigenvalue weighted by Gasteiger charge is 2.59. The Hall–Kier alpha value is -1.32. The summed E-state index contributed by atoms with van der Waals surface area (Å²) in [5, 5.41) is 8.74. The number of esters is 1. The third-order valence-electron chi connectivity index (χ3n) is 11.5. The predicted octanol–water partition coefficient (Wildman–Crippen LogP) is 8.05. The molecule has 0 bridgehead atoms. The molecule has 3 saturated carbocycles. The van der Waals surface area contributed by atoms with Gasteiger partial charge in [-0.15, -0.1) is 0 Å². The van der Waals surface area contributed by atoms with Crippen molar-refractivity contribution in [3.05, 3.63) is 11.6 Å². The Bertz CT molecular complexity index is 830. The molecule has 0 aromatic heterocycles. The van der Waals surface area contributed by atoms with Gasteiger partial charge in [0.05, 0.1) is 6.61 Å². The van der Waals surface area contributed by atoms with Crippen molar-refractivity contribution in [2.45, 2.75) is 118 Å². The molecule has 8 atom stereocenters. The lowest BCUT2D eigenvalue weighted by Crippen LogP contribution is -2.50. The number of rotatable bonds is 10. The quantitative estimate of drug-likeness (QED) is 0.187. The average Bonchev–Trinajstić information content (AvgIpc) is 3.15. The van der Waals surface area contributed by atoms with E-state index in [4.69, 9.17) is 9.84 Å². The number of hydrogen-bond acceptors (Lipinski definition) is 3. The zero-order valence-electron chi connectivity index (χ0n) is 23.7. The van der Waals surface area contributed by atoms with Gasteiger partial charge in [-0.2, -0.15) is 0 Å². The van der Waals surface area contributed by atoms with E-state index in [2.05, 4.69) is 40.7 Å². The van der Waals surface area contributed by atoms with Gasteiger partial charge in [0.2, 0.25) is 0 Å². The molecule has 204 valence electrons. The fourth-order valence-corrected chi connectivity index (χ4v) is 9.52. The van der Waals surface area contributed by atoms with Crippen molar-refractivity contribution in [3.8, 4) is 0 Å². The summed E-state index contributed by atoms with van der Waals surface area (Å²) in [4.78, 5) is 22.3. The van der Waals surface area contributed by atoms with E-state index in [0.717, 1.165) is 48.3 Å². The zero-order chi connectivity index (χ0) is 26.1. The lowest BCUT2D eigenvalue weighted by Gasteiger charge is -2.58. The molecule has 4 aliphatic carbocycles. The summed E-state index contributed by atoms with van der Waals surface area (Å²) in [5.41, 5.74) is 2.57. The second-order valence-electron chi connectivity index (χ2n) is 14.0. The van der Waals surface area contributed by atoms with Gasteiger partial charge in [0.15, 0.2) is 0 Å². The van der Waals surface area contributed by atoms with Crippen LogP contribution in [0.2, 0.25) is 0 Å². The minimum atomic E-state index is -1.12. The van der Waals surface area contributed by atoms with Crippen LogP contribution >= 0.6 is 0 Å². The Labute approximate surface area is 220 Å². The van der Waals surface area contributed by atoms with Gasteiger partial charge >= 0.3 is 11.9 Å². The molecule has 0 aromatic carbocycles. The fraction of sp³-hybridized carbons (Fsp3) is 0.875. The number of hydrogen-bond donors (Lipinski definition) is 1. The van der Waals surface area contributed by atoms with E-state index in [9.17, 15) is 9.59 Å². The molecule has 4 aliphatic rings. The number of carboxylic acids is 1. The lowest BCUT2D eigenvalue weighted by molar-refractivity contribution is -0.151. The highest BCUT2D eigenvalue weighted by molar-refractivity contribution is 5.90. The van der Waals surface area contributed by atoms with Crippen molar-refractivity contribution in [3.63, 3.8) is 0 Å². The smallest absolute Gasteiger partial charge is 0.317 e. The number of carbonyl (C=O) groups is 2. The standard InChI is InChI=1S/C32H52O4/c1-21(2)7-6-8-22(3)26-11-12-27-25-10-9-24-19-23(15-18-36-30(35)20-29(33)34)13-16-31(24,4)28(25)14-17-32(26,27)5/h9,21-23,25-28H,6-8,10-20H2,1-5H3,(H,33,34)/t22?,23-,25+,26-,27+,28+,31+,32-/m1/s1. The van der Waals surface area contributed by atoms with Gasteiger partial charge in [0.25, 0.3) is 0 Å². The third-order valence-corrected chi connectivity index (χ3v) is 11.5. The van der Waals surface area contributed by atoms with Gasteiger partial charge in [-0.1, -0.05) is 65.5 Å². The maximum atomic E-state index is 11.6. The summed E-state index contributed by atoms with van der Waals surface area (Å²) in [6.45, 7) is 12.9. The first-order valence-electron chi connectivity index (χ1n) is 15.1. The normalized spacial score (nSPS) is 38.5. The first-order valence-corrected chi connectivity index (χ1v) is 15.1. The molecule has 0 heterocycles. The third kappa shape index (κ3) is 5.58. The first-order chi connectivity index (χ1) is 17.0. The van der Waals surface area contributed by atoms with Gasteiger partial charge in [0.1, 0.15) is 6.42 Å². The van der Waals surface area contributed by atoms with Crippen molar-refractivity contribution in [1.82, 2.24) is 0 Å². The van der Waals surface area contributed by atoms with Crippen LogP contribution in [0.1, 0.15) is 118 Å². The van der Waals surface area contributed by atoms with E-state index in [0.29, 0.717) is 23.4 Å². The summed E-state index contributed by atoms with van der Waals surface area (Å²) in [6.07, 6.45) is 17.7. The van der Waals surface area contributed by atoms with E-state index in [1.165, 1.54) is 64.2 Å². The summed E-state index contributed by atoms with van der Waals surface area (Å²) in [6, 6.07) is 0. The van der Waals surface area contributed by atoms with Crippen LogP contribution < -0.4 is 0 Å². The maximum Gasteiger partial charge on any atom is 0.317 e. The monoisotopic (exact) mass is 500 g/mol. The number of fused-ring (bicyclic) bond motifs is 5. The Morgan fingerprint density at radius 3 is 2.56 bits per heavy atom. The van der Waals surface area contributed by atoms with Crippen LogP contribution in [0.3, 0.4) is 0 Å². The van der Waals surface area contributed by atoms with E-state index in [1.807, 2.05) is 0 Å². The number of carbonyl (C=O) groups excluding carboxylic acids is 1. The molecular weight excluding hydrogens is 448 g/mol. The summed E-state index contributed by atoms with van der Waals surface area (Å²) >= 11 is 0. The molecule has 0 aliphatic heterocycles. The number of carboxylic acid groups (broad SMARTS) is 1. The molecule has 4 heteroatoms. The van der Waals surface area contributed by atoms with E-state index >= 15 is 0 Å². The first kappa shape index (κ1) is 27.7. The molecule has 4 nitrogen and oxygen atoms in total. The van der Waals surface area contributed by atoms with Crippen molar-refractivity contribution < 1.29 is 19.4 Å². The van der Waals surface area contributed by atoms with Crippen LogP contribution in [-0.4, -0.2) is 23.7 Å². The van der Waals surface area contributed by atoms with Crippen LogP contribution in [0.15, 0.2) is 11.6 Å². The molecule has 1 N–H and O–H groups in total. The molecule has 0 aromatic rings. The Kier molecular flexibility index (Phi) is 8.62. The van der Waals surface area contributed by atoms with Crippen LogP contribution in [0.25, 0.3) is 0 Å². The van der Waals surface area contributed by atoms with Crippen LogP contribution in [-0.2, 0) is 14.3 Å². The minimum Gasteiger partial charge on any atom is -0.481 e. The van der Waals surface area contributed by atoms with E-state index < -0.39 is 18.4 Å². The van der Waals surface area contributed by atoms with Crippen LogP contribution in [0.4, 0.5) is 0 Å². The van der Waals surface area contributed by atoms with Crippen molar-refractivity contribution in [2.75, 3.05) is 6.61 Å². The zero-order valence-corrected chi connectivity index (χ0v) is 23.7. The molecule has 0 spiro atoms. The molecule has 0 saturated heterocycles. The molecule has 36 heavy (non-hydrogen) atoms. The highest BCUT2D eigenvalue weighted by atomic mass is 16.5. The Morgan fingerprint density at radius 1 is 1.06 bits per heavy atom. The van der Waals surface area contributed by atoms with Gasteiger partial charge < -0.3 is 9.84 Å². The van der Waals surface area contributed by atoms with Gasteiger partial charge in [0, 0.05) is 0 Å². The fourth-order valence-electron chi connectivity index (χ4n) is 9.52. The Balaban J connectivity index is 1.36. The second-order valence-corrected chi connectivity index (χ2v) is 14.0. The second kappa shape index (κ2) is 11.2. The molecule has 3 fully saturated rings. The summed E-state index contributed by atoms with van der Waals surface area (Å²) < 4.78 is 5.19. The summed E-state index contributed by atoms with van der Waals surface area (Å²) in [5.74, 6) is 4.01. The van der Waals surface area contributed by atoms with Gasteiger partial charge in [-0.3, -0.25) is 9.59 Å². The predicted molar refractivity (Wildman–Crippen MR) is 144 cm³/mol. The van der Waals surface area contributed by atoms with E-state index in [-0.39, 0.29) is 0 Å². The molecule has 4 rings (SSSR count). The highest BCUT2D eigenvalue weighted by Crippen LogP contribution is 2.67.